The number of aliphatic hydroxyl groups is 1. The fourth-order valence-electron chi connectivity index (χ4n) is 4.83. The van der Waals surface area contributed by atoms with Crippen LogP contribution in [-0.2, 0) is 12.3 Å². The fourth-order valence-corrected chi connectivity index (χ4v) is 4.83. The second-order valence-corrected chi connectivity index (χ2v) is 8.94. The summed E-state index contributed by atoms with van der Waals surface area (Å²) < 4.78 is 5.40. The number of benzene rings is 2. The standard InChI is InChI=1S/C27H30N4O2/c1-27(32,24-9-12-28-26-8-7-22(33-2)16-23(24)26)31-13-10-21(11-14-31)29-17-19-15-20-5-3-4-6-25(20)30-18-19/h3-9,12,15-16,18,21,29,32H,10-11,13-14,17H2,1-2H3. The van der Waals surface area contributed by atoms with Crippen molar-refractivity contribution in [2.75, 3.05) is 20.2 Å². The van der Waals surface area contributed by atoms with Gasteiger partial charge < -0.3 is 15.2 Å². The molecule has 2 aromatic heterocycles. The van der Waals surface area contributed by atoms with Crippen LogP contribution in [0.1, 0.15) is 30.9 Å². The third-order valence-electron chi connectivity index (χ3n) is 6.81. The summed E-state index contributed by atoms with van der Waals surface area (Å²) in [6.45, 7) is 4.31. The van der Waals surface area contributed by atoms with Gasteiger partial charge in [-0.2, -0.15) is 0 Å². The molecule has 2 N–H and O–H groups in total. The Morgan fingerprint density at radius 3 is 2.70 bits per heavy atom. The molecule has 0 bridgehead atoms. The average Bonchev–Trinajstić information content (AvgIpc) is 2.86. The normalized spacial score (nSPS) is 17.3. The first kappa shape index (κ1) is 21.8. The molecule has 1 saturated heterocycles. The lowest BCUT2D eigenvalue weighted by Gasteiger charge is -2.42. The molecule has 170 valence electrons. The molecule has 1 aliphatic rings. The van der Waals surface area contributed by atoms with Crippen molar-refractivity contribution in [3.05, 3.63) is 78.1 Å². The van der Waals surface area contributed by atoms with E-state index in [0.717, 1.165) is 60.2 Å². The van der Waals surface area contributed by atoms with E-state index in [9.17, 15) is 5.11 Å². The highest BCUT2D eigenvalue weighted by molar-refractivity contribution is 5.84. The number of hydrogen-bond acceptors (Lipinski definition) is 6. The molecule has 1 aliphatic heterocycles. The highest BCUT2D eigenvalue weighted by Crippen LogP contribution is 2.34. The predicted molar refractivity (Wildman–Crippen MR) is 131 cm³/mol. The molecule has 33 heavy (non-hydrogen) atoms. The van der Waals surface area contributed by atoms with Crippen LogP contribution in [0.2, 0.25) is 0 Å². The minimum absolute atomic E-state index is 0.415. The van der Waals surface area contributed by atoms with Crippen molar-refractivity contribution in [2.45, 2.75) is 38.1 Å². The van der Waals surface area contributed by atoms with E-state index >= 15 is 0 Å². The molecule has 1 unspecified atom stereocenters. The van der Waals surface area contributed by atoms with Gasteiger partial charge in [0.1, 0.15) is 11.5 Å². The van der Waals surface area contributed by atoms with Crippen molar-refractivity contribution in [2.24, 2.45) is 0 Å². The second-order valence-electron chi connectivity index (χ2n) is 8.94. The maximum atomic E-state index is 11.6. The summed E-state index contributed by atoms with van der Waals surface area (Å²) in [5.74, 6) is 0.763. The zero-order valence-electron chi connectivity index (χ0n) is 19.2. The Bertz CT molecular complexity index is 1270. The van der Waals surface area contributed by atoms with E-state index in [2.05, 4.69) is 32.3 Å². The first-order chi connectivity index (χ1) is 16.0. The predicted octanol–water partition coefficient (Wildman–Crippen LogP) is 4.21. The van der Waals surface area contributed by atoms with Gasteiger partial charge in [0.2, 0.25) is 0 Å². The Balaban J connectivity index is 1.25. The van der Waals surface area contributed by atoms with Crippen LogP contribution >= 0.6 is 0 Å². The molecule has 0 spiro atoms. The van der Waals surface area contributed by atoms with E-state index < -0.39 is 5.72 Å². The van der Waals surface area contributed by atoms with Crippen molar-refractivity contribution in [1.82, 2.24) is 20.2 Å². The van der Waals surface area contributed by atoms with Crippen LogP contribution in [0, 0.1) is 0 Å². The Morgan fingerprint density at radius 1 is 1.06 bits per heavy atom. The van der Waals surface area contributed by atoms with E-state index in [1.807, 2.05) is 55.6 Å². The number of rotatable bonds is 6. The molecule has 6 nitrogen and oxygen atoms in total. The lowest BCUT2D eigenvalue weighted by molar-refractivity contribution is -0.110. The summed E-state index contributed by atoms with van der Waals surface area (Å²) in [6, 6.07) is 18.5. The van der Waals surface area contributed by atoms with Crippen LogP contribution in [0.25, 0.3) is 21.8 Å². The number of likely N-dealkylation sites (tertiary alicyclic amines) is 1. The van der Waals surface area contributed by atoms with Crippen molar-refractivity contribution in [3.63, 3.8) is 0 Å². The first-order valence-corrected chi connectivity index (χ1v) is 11.5. The molecule has 0 saturated carbocycles. The summed E-state index contributed by atoms with van der Waals surface area (Å²) in [5.41, 5.74) is 2.85. The van der Waals surface area contributed by atoms with Crippen LogP contribution in [0.5, 0.6) is 5.75 Å². The zero-order chi connectivity index (χ0) is 22.8. The molecule has 0 amide bonds. The van der Waals surface area contributed by atoms with Gasteiger partial charge in [0.05, 0.1) is 18.1 Å². The van der Waals surface area contributed by atoms with Crippen LogP contribution in [0.15, 0.2) is 67.0 Å². The smallest absolute Gasteiger partial charge is 0.142 e. The lowest BCUT2D eigenvalue weighted by atomic mass is 9.95. The molecule has 5 rings (SSSR count). The number of methoxy groups -OCH3 is 1. The molecular formula is C27H30N4O2. The first-order valence-electron chi connectivity index (χ1n) is 11.5. The molecular weight excluding hydrogens is 412 g/mol. The lowest BCUT2D eigenvalue weighted by Crippen LogP contribution is -2.51. The van der Waals surface area contributed by atoms with Crippen LogP contribution in [0.3, 0.4) is 0 Å². The van der Waals surface area contributed by atoms with E-state index in [1.165, 1.54) is 10.9 Å². The molecule has 0 aliphatic carbocycles. The van der Waals surface area contributed by atoms with Gasteiger partial charge in [0.15, 0.2) is 0 Å². The summed E-state index contributed by atoms with van der Waals surface area (Å²) in [5, 5.41) is 17.4. The van der Waals surface area contributed by atoms with Gasteiger partial charge in [-0.25, -0.2) is 0 Å². The van der Waals surface area contributed by atoms with Gasteiger partial charge in [-0.3, -0.25) is 14.9 Å². The molecule has 2 aromatic carbocycles. The number of ether oxygens (including phenoxy) is 1. The summed E-state index contributed by atoms with van der Waals surface area (Å²) in [7, 11) is 1.65. The average molecular weight is 443 g/mol. The summed E-state index contributed by atoms with van der Waals surface area (Å²) >= 11 is 0. The van der Waals surface area contributed by atoms with Crippen LogP contribution < -0.4 is 10.1 Å². The van der Waals surface area contributed by atoms with E-state index in [-0.39, 0.29) is 0 Å². The topological polar surface area (TPSA) is 70.5 Å². The molecule has 6 heteroatoms. The molecule has 1 atom stereocenters. The fraction of sp³-hybridized carbons (Fsp3) is 0.333. The SMILES string of the molecule is COc1ccc2nccc(C(C)(O)N3CCC(NCc4cnc5ccccc5c4)CC3)c2c1. The number of para-hydroxylation sites is 1. The summed E-state index contributed by atoms with van der Waals surface area (Å²) in [6.07, 6.45) is 5.68. The third kappa shape index (κ3) is 4.42. The van der Waals surface area contributed by atoms with E-state index in [0.29, 0.717) is 6.04 Å². The van der Waals surface area contributed by atoms with Gasteiger partial charge in [-0.15, -0.1) is 0 Å². The molecule has 0 radical (unpaired) electrons. The van der Waals surface area contributed by atoms with Gasteiger partial charge in [0.25, 0.3) is 0 Å². The Morgan fingerprint density at radius 2 is 1.88 bits per heavy atom. The maximum Gasteiger partial charge on any atom is 0.142 e. The highest BCUT2D eigenvalue weighted by atomic mass is 16.5. The van der Waals surface area contributed by atoms with Gasteiger partial charge in [0, 0.05) is 54.4 Å². The summed E-state index contributed by atoms with van der Waals surface area (Å²) in [4.78, 5) is 11.2. The monoisotopic (exact) mass is 442 g/mol. The molecule has 4 aromatic rings. The number of pyridine rings is 2. The van der Waals surface area contributed by atoms with Crippen LogP contribution in [0.4, 0.5) is 0 Å². The third-order valence-corrected chi connectivity index (χ3v) is 6.81. The van der Waals surface area contributed by atoms with Crippen molar-refractivity contribution < 1.29 is 9.84 Å². The molecule has 1 fully saturated rings. The van der Waals surface area contributed by atoms with Crippen molar-refractivity contribution in [3.8, 4) is 5.75 Å². The quantitative estimate of drug-likeness (QED) is 0.466. The van der Waals surface area contributed by atoms with Gasteiger partial charge >= 0.3 is 0 Å². The number of hydrogen-bond donors (Lipinski definition) is 2. The molecule has 3 heterocycles. The number of fused-ring (bicyclic) bond motifs is 2. The van der Waals surface area contributed by atoms with Gasteiger partial charge in [-0.05, 0) is 61.7 Å². The zero-order valence-corrected chi connectivity index (χ0v) is 19.2. The Labute approximate surface area is 194 Å². The second kappa shape index (κ2) is 9.06. The Hall–Kier alpha value is -3.06. The van der Waals surface area contributed by atoms with E-state index in [4.69, 9.17) is 4.74 Å². The van der Waals surface area contributed by atoms with Crippen molar-refractivity contribution >= 4 is 21.8 Å². The maximum absolute atomic E-state index is 11.6. The van der Waals surface area contributed by atoms with E-state index in [1.54, 1.807) is 13.3 Å². The van der Waals surface area contributed by atoms with Crippen molar-refractivity contribution in [1.29, 1.82) is 0 Å². The minimum Gasteiger partial charge on any atom is -0.497 e. The minimum atomic E-state index is -1.08. The number of piperidine rings is 1. The number of nitrogens with one attached hydrogen (secondary N) is 1. The number of aromatic nitrogens is 2. The largest absolute Gasteiger partial charge is 0.497 e. The van der Waals surface area contributed by atoms with Crippen LogP contribution in [-0.4, -0.2) is 46.2 Å². The highest BCUT2D eigenvalue weighted by Gasteiger charge is 2.35. The van der Waals surface area contributed by atoms with Gasteiger partial charge in [-0.1, -0.05) is 18.2 Å². The number of nitrogens with zero attached hydrogens (tertiary/aromatic N) is 3. The Kier molecular flexibility index (Phi) is 5.98.